The zero-order chi connectivity index (χ0) is 11.6. The fourth-order valence-electron chi connectivity index (χ4n) is 1.62. The van der Waals surface area contributed by atoms with Gasteiger partial charge in [-0.3, -0.25) is 0 Å². The molecule has 0 radical (unpaired) electrons. The van der Waals surface area contributed by atoms with Crippen LogP contribution in [0, 0.1) is 11.7 Å². The molecule has 0 N–H and O–H groups in total. The molecule has 0 aliphatic rings. The Morgan fingerprint density at radius 2 is 1.80 bits per heavy atom. The summed E-state index contributed by atoms with van der Waals surface area (Å²) in [6, 6.07) is 5.65. The molecule has 0 atom stereocenters. The minimum Gasteiger partial charge on any atom is -0.207 e. The van der Waals surface area contributed by atoms with Crippen LogP contribution in [-0.4, -0.2) is 0 Å². The van der Waals surface area contributed by atoms with E-state index in [0.29, 0.717) is 5.92 Å². The number of halogens is 1. The smallest absolute Gasteiger partial charge is 0.126 e. The Balaban J connectivity index is 2.98. The Morgan fingerprint density at radius 1 is 1.20 bits per heavy atom. The van der Waals surface area contributed by atoms with Crippen LogP contribution in [0.3, 0.4) is 0 Å². The third kappa shape index (κ3) is 3.33. The lowest BCUT2D eigenvalue weighted by Crippen LogP contribution is -2.12. The summed E-state index contributed by atoms with van der Waals surface area (Å²) in [4.78, 5) is 0. The van der Waals surface area contributed by atoms with Crippen molar-refractivity contribution in [3.05, 3.63) is 35.1 Å². The van der Waals surface area contributed by atoms with Crippen molar-refractivity contribution in [3.63, 3.8) is 0 Å². The Kier molecular flexibility index (Phi) is 3.54. The summed E-state index contributed by atoms with van der Waals surface area (Å²) in [6.45, 7) is 10.5. The fraction of sp³-hybridized carbons (Fsp3) is 0.571. The molecule has 0 saturated heterocycles. The van der Waals surface area contributed by atoms with Crippen LogP contribution >= 0.6 is 0 Å². The molecule has 84 valence electrons. The Labute approximate surface area is 92.5 Å². The van der Waals surface area contributed by atoms with Gasteiger partial charge in [0.15, 0.2) is 0 Å². The van der Waals surface area contributed by atoms with Crippen molar-refractivity contribution in [2.75, 3.05) is 0 Å². The van der Waals surface area contributed by atoms with Gasteiger partial charge >= 0.3 is 0 Å². The lowest BCUT2D eigenvalue weighted by Gasteiger charge is -2.20. The summed E-state index contributed by atoms with van der Waals surface area (Å²) < 4.78 is 13.7. The lowest BCUT2D eigenvalue weighted by molar-refractivity contribution is 0.552. The largest absolute Gasteiger partial charge is 0.207 e. The van der Waals surface area contributed by atoms with Crippen LogP contribution in [0.15, 0.2) is 18.2 Å². The third-order valence-electron chi connectivity index (χ3n) is 2.55. The second kappa shape index (κ2) is 4.34. The van der Waals surface area contributed by atoms with Gasteiger partial charge in [0, 0.05) is 0 Å². The standard InChI is InChI=1S/C14H21F/c1-10(2)8-11-6-7-12(9-13(11)15)14(3,4)5/h6-7,9-10H,8H2,1-5H3. The van der Waals surface area contributed by atoms with E-state index in [1.807, 2.05) is 12.1 Å². The maximum atomic E-state index is 13.7. The molecule has 0 bridgehead atoms. The SMILES string of the molecule is CC(C)Cc1ccc(C(C)(C)C)cc1F. The van der Waals surface area contributed by atoms with Gasteiger partial charge in [0.1, 0.15) is 5.82 Å². The Hall–Kier alpha value is -0.850. The van der Waals surface area contributed by atoms with Gasteiger partial charge in [0.25, 0.3) is 0 Å². The van der Waals surface area contributed by atoms with Crippen LogP contribution in [0.25, 0.3) is 0 Å². The van der Waals surface area contributed by atoms with E-state index in [4.69, 9.17) is 0 Å². The molecule has 0 nitrogen and oxygen atoms in total. The molecule has 0 aromatic heterocycles. The minimum atomic E-state index is -0.0591. The van der Waals surface area contributed by atoms with E-state index >= 15 is 0 Å². The highest BCUT2D eigenvalue weighted by atomic mass is 19.1. The van der Waals surface area contributed by atoms with E-state index in [2.05, 4.69) is 34.6 Å². The van der Waals surface area contributed by atoms with E-state index in [-0.39, 0.29) is 11.2 Å². The first-order valence-corrected chi connectivity index (χ1v) is 5.59. The molecule has 0 unspecified atom stereocenters. The van der Waals surface area contributed by atoms with Gasteiger partial charge in [-0.15, -0.1) is 0 Å². The molecule has 1 aromatic carbocycles. The highest BCUT2D eigenvalue weighted by molar-refractivity contribution is 5.29. The van der Waals surface area contributed by atoms with E-state index in [9.17, 15) is 4.39 Å². The molecule has 1 heteroatoms. The number of rotatable bonds is 2. The summed E-state index contributed by atoms with van der Waals surface area (Å²) in [5, 5.41) is 0. The quantitative estimate of drug-likeness (QED) is 0.679. The Morgan fingerprint density at radius 3 is 2.20 bits per heavy atom. The predicted octanol–water partition coefficient (Wildman–Crippen LogP) is 4.32. The zero-order valence-corrected chi connectivity index (χ0v) is 10.4. The Bertz CT molecular complexity index is 332. The van der Waals surface area contributed by atoms with Crippen molar-refractivity contribution in [1.29, 1.82) is 0 Å². The van der Waals surface area contributed by atoms with E-state index in [1.54, 1.807) is 6.07 Å². The van der Waals surface area contributed by atoms with Gasteiger partial charge < -0.3 is 0 Å². The second-order valence-corrected chi connectivity index (χ2v) is 5.65. The van der Waals surface area contributed by atoms with Crippen LogP contribution in [0.4, 0.5) is 4.39 Å². The van der Waals surface area contributed by atoms with Gasteiger partial charge in [-0.05, 0) is 34.9 Å². The number of hydrogen-bond donors (Lipinski definition) is 0. The minimum absolute atomic E-state index is 0.0250. The molecule has 0 aliphatic heterocycles. The summed E-state index contributed by atoms with van der Waals surface area (Å²) in [7, 11) is 0. The molecular weight excluding hydrogens is 187 g/mol. The number of hydrogen-bond acceptors (Lipinski definition) is 0. The van der Waals surface area contributed by atoms with Gasteiger partial charge in [0.05, 0.1) is 0 Å². The zero-order valence-electron chi connectivity index (χ0n) is 10.4. The predicted molar refractivity (Wildman–Crippen MR) is 63.6 cm³/mol. The summed E-state index contributed by atoms with van der Waals surface area (Å²) in [5.74, 6) is 0.441. The van der Waals surface area contributed by atoms with Crippen molar-refractivity contribution in [1.82, 2.24) is 0 Å². The molecule has 0 spiro atoms. The first kappa shape index (κ1) is 12.2. The van der Waals surface area contributed by atoms with Crippen LogP contribution < -0.4 is 0 Å². The van der Waals surface area contributed by atoms with Gasteiger partial charge in [-0.25, -0.2) is 4.39 Å². The second-order valence-electron chi connectivity index (χ2n) is 5.65. The highest BCUT2D eigenvalue weighted by Gasteiger charge is 2.15. The van der Waals surface area contributed by atoms with Crippen molar-refractivity contribution in [2.24, 2.45) is 5.92 Å². The summed E-state index contributed by atoms with van der Waals surface area (Å²) in [6.07, 6.45) is 0.816. The van der Waals surface area contributed by atoms with Crippen LogP contribution in [0.1, 0.15) is 45.7 Å². The molecule has 1 rings (SSSR count). The average molecular weight is 208 g/mol. The number of benzene rings is 1. The molecule has 0 heterocycles. The van der Waals surface area contributed by atoms with Crippen molar-refractivity contribution < 1.29 is 4.39 Å². The van der Waals surface area contributed by atoms with Crippen LogP contribution in [-0.2, 0) is 11.8 Å². The van der Waals surface area contributed by atoms with Gasteiger partial charge in [-0.1, -0.05) is 46.8 Å². The van der Waals surface area contributed by atoms with E-state index in [1.165, 1.54) is 0 Å². The van der Waals surface area contributed by atoms with Crippen molar-refractivity contribution in [3.8, 4) is 0 Å². The van der Waals surface area contributed by atoms with E-state index in [0.717, 1.165) is 17.5 Å². The first-order valence-electron chi connectivity index (χ1n) is 5.59. The topological polar surface area (TPSA) is 0 Å². The van der Waals surface area contributed by atoms with Gasteiger partial charge in [-0.2, -0.15) is 0 Å². The normalized spacial score (nSPS) is 12.2. The molecular formula is C14H21F. The van der Waals surface area contributed by atoms with Crippen LogP contribution in [0.2, 0.25) is 0 Å². The van der Waals surface area contributed by atoms with E-state index < -0.39 is 0 Å². The molecule has 0 saturated carbocycles. The maximum Gasteiger partial charge on any atom is 0.126 e. The highest BCUT2D eigenvalue weighted by Crippen LogP contribution is 2.24. The van der Waals surface area contributed by atoms with Crippen molar-refractivity contribution in [2.45, 2.75) is 46.5 Å². The third-order valence-corrected chi connectivity index (χ3v) is 2.55. The molecule has 0 aliphatic carbocycles. The van der Waals surface area contributed by atoms with Crippen molar-refractivity contribution >= 4 is 0 Å². The molecule has 15 heavy (non-hydrogen) atoms. The lowest BCUT2D eigenvalue weighted by atomic mass is 9.86. The summed E-state index contributed by atoms with van der Waals surface area (Å²) in [5.41, 5.74) is 1.92. The average Bonchev–Trinajstić information content (AvgIpc) is 2.05. The maximum absolute atomic E-state index is 13.7. The van der Waals surface area contributed by atoms with Crippen LogP contribution in [0.5, 0.6) is 0 Å². The fourth-order valence-corrected chi connectivity index (χ4v) is 1.62. The summed E-state index contributed by atoms with van der Waals surface area (Å²) >= 11 is 0. The molecule has 0 amide bonds. The monoisotopic (exact) mass is 208 g/mol. The molecule has 0 fully saturated rings. The first-order chi connectivity index (χ1) is 6.80. The molecule has 1 aromatic rings. The van der Waals surface area contributed by atoms with Gasteiger partial charge in [0.2, 0.25) is 0 Å².